The summed E-state index contributed by atoms with van der Waals surface area (Å²) >= 11 is 0. The number of hydrogen-bond donors (Lipinski definition) is 2. The molecule has 0 spiro atoms. The number of piperidine rings is 1. The number of amides is 2. The lowest BCUT2D eigenvalue weighted by Gasteiger charge is -2.29. The number of urea groups is 1. The molecule has 2 rings (SSSR count). The first-order valence-electron chi connectivity index (χ1n) is 9.26. The minimum absolute atomic E-state index is 0.0809. The van der Waals surface area contributed by atoms with E-state index in [-0.39, 0.29) is 12.6 Å². The normalized spacial score (nSPS) is 14.5. The Morgan fingerprint density at radius 2 is 1.79 bits per heavy atom. The molecule has 0 radical (unpaired) electrons. The molecule has 134 valence electrons. The first-order valence-corrected chi connectivity index (χ1v) is 9.26. The lowest BCUT2D eigenvalue weighted by molar-refractivity contribution is 0.201. The third-order valence-electron chi connectivity index (χ3n) is 4.49. The van der Waals surface area contributed by atoms with Gasteiger partial charge in [-0.3, -0.25) is 0 Å². The molecular formula is C19H31N3O2. The largest absolute Gasteiger partial charge is 0.396 e. The minimum Gasteiger partial charge on any atom is -0.396 e. The molecule has 0 unspecified atom stereocenters. The Balaban J connectivity index is 1.91. The molecule has 5 heteroatoms. The number of unbranched alkanes of at least 4 members (excludes halogenated alkanes) is 1. The Morgan fingerprint density at radius 3 is 2.42 bits per heavy atom. The van der Waals surface area contributed by atoms with Gasteiger partial charge in [-0.15, -0.1) is 0 Å². The second-order valence-corrected chi connectivity index (χ2v) is 6.44. The molecule has 0 aromatic heterocycles. The van der Waals surface area contributed by atoms with E-state index in [4.69, 9.17) is 5.11 Å². The molecule has 1 fully saturated rings. The van der Waals surface area contributed by atoms with E-state index in [1.807, 2.05) is 12.1 Å². The molecular weight excluding hydrogens is 302 g/mol. The van der Waals surface area contributed by atoms with Gasteiger partial charge in [-0.05, 0) is 56.4 Å². The highest BCUT2D eigenvalue weighted by Gasteiger charge is 2.14. The lowest BCUT2D eigenvalue weighted by Crippen LogP contribution is -2.36. The Morgan fingerprint density at radius 1 is 1.12 bits per heavy atom. The van der Waals surface area contributed by atoms with E-state index in [1.54, 1.807) is 4.90 Å². The van der Waals surface area contributed by atoms with E-state index in [2.05, 4.69) is 29.3 Å². The summed E-state index contributed by atoms with van der Waals surface area (Å²) < 4.78 is 0. The summed E-state index contributed by atoms with van der Waals surface area (Å²) in [7, 11) is 0. The van der Waals surface area contributed by atoms with Gasteiger partial charge in [-0.2, -0.15) is 0 Å². The van der Waals surface area contributed by atoms with E-state index in [0.29, 0.717) is 13.0 Å². The van der Waals surface area contributed by atoms with E-state index in [1.165, 1.54) is 24.9 Å². The number of aliphatic hydroxyl groups excluding tert-OH is 1. The van der Waals surface area contributed by atoms with E-state index in [0.717, 1.165) is 38.2 Å². The Kier molecular flexibility index (Phi) is 7.89. The molecule has 0 aliphatic carbocycles. The molecule has 0 atom stereocenters. The van der Waals surface area contributed by atoms with E-state index in [9.17, 15) is 4.79 Å². The van der Waals surface area contributed by atoms with Crippen LogP contribution in [0.25, 0.3) is 0 Å². The third kappa shape index (κ3) is 5.71. The van der Waals surface area contributed by atoms with Gasteiger partial charge in [-0.1, -0.05) is 13.3 Å². The molecule has 5 nitrogen and oxygen atoms in total. The smallest absolute Gasteiger partial charge is 0.321 e. The van der Waals surface area contributed by atoms with Gasteiger partial charge in [0.05, 0.1) is 0 Å². The molecule has 2 amide bonds. The van der Waals surface area contributed by atoms with Crippen LogP contribution in [0.15, 0.2) is 24.3 Å². The summed E-state index contributed by atoms with van der Waals surface area (Å²) in [5.41, 5.74) is 2.06. The predicted octanol–water partition coefficient (Wildman–Crippen LogP) is 3.69. The molecule has 1 aliphatic rings. The Hall–Kier alpha value is -1.75. The Bertz CT molecular complexity index is 476. The molecule has 1 aromatic rings. The van der Waals surface area contributed by atoms with Crippen molar-refractivity contribution in [3.8, 4) is 0 Å². The first kappa shape index (κ1) is 18.6. The number of nitrogens with one attached hydrogen (secondary N) is 1. The summed E-state index contributed by atoms with van der Waals surface area (Å²) in [5.74, 6) is 0. The monoisotopic (exact) mass is 333 g/mol. The standard InChI is InChI=1S/C19H31N3O2/c1-2-3-12-22(15-7-16-23)19(24)20-17-8-10-18(11-9-17)21-13-5-4-6-14-21/h8-11,23H,2-7,12-16H2,1H3,(H,20,24). The zero-order valence-electron chi connectivity index (χ0n) is 14.8. The van der Waals surface area contributed by atoms with Crippen molar-refractivity contribution in [1.29, 1.82) is 0 Å². The number of hydrogen-bond acceptors (Lipinski definition) is 3. The predicted molar refractivity (Wildman–Crippen MR) is 99.7 cm³/mol. The van der Waals surface area contributed by atoms with Crippen LogP contribution < -0.4 is 10.2 Å². The topological polar surface area (TPSA) is 55.8 Å². The van der Waals surface area contributed by atoms with Crippen LogP contribution in [-0.2, 0) is 0 Å². The maximum absolute atomic E-state index is 12.4. The van der Waals surface area contributed by atoms with Crippen LogP contribution in [0, 0.1) is 0 Å². The van der Waals surface area contributed by atoms with Crippen molar-refractivity contribution in [2.24, 2.45) is 0 Å². The molecule has 24 heavy (non-hydrogen) atoms. The highest BCUT2D eigenvalue weighted by Crippen LogP contribution is 2.22. The van der Waals surface area contributed by atoms with Crippen molar-refractivity contribution in [2.75, 3.05) is 43.0 Å². The van der Waals surface area contributed by atoms with Crippen molar-refractivity contribution < 1.29 is 9.90 Å². The first-order chi connectivity index (χ1) is 11.7. The number of rotatable bonds is 8. The third-order valence-corrected chi connectivity index (χ3v) is 4.49. The summed E-state index contributed by atoms with van der Waals surface area (Å²) in [6, 6.07) is 8.05. The highest BCUT2D eigenvalue weighted by molar-refractivity contribution is 5.89. The number of anilines is 2. The van der Waals surface area contributed by atoms with Crippen LogP contribution in [0.4, 0.5) is 16.2 Å². The van der Waals surface area contributed by atoms with Gasteiger partial charge >= 0.3 is 6.03 Å². The van der Waals surface area contributed by atoms with Gasteiger partial charge in [0.15, 0.2) is 0 Å². The second kappa shape index (κ2) is 10.2. The van der Waals surface area contributed by atoms with Gasteiger partial charge in [0.25, 0.3) is 0 Å². The summed E-state index contributed by atoms with van der Waals surface area (Å²) in [5, 5.41) is 12.0. The van der Waals surface area contributed by atoms with Crippen LogP contribution in [0.5, 0.6) is 0 Å². The SMILES string of the molecule is CCCCN(CCCO)C(=O)Nc1ccc(N2CCCCC2)cc1. The summed E-state index contributed by atoms with van der Waals surface area (Å²) in [4.78, 5) is 16.6. The zero-order valence-corrected chi connectivity index (χ0v) is 14.8. The second-order valence-electron chi connectivity index (χ2n) is 6.44. The van der Waals surface area contributed by atoms with E-state index >= 15 is 0 Å². The van der Waals surface area contributed by atoms with Crippen LogP contribution in [-0.4, -0.2) is 48.8 Å². The number of carbonyl (C=O) groups is 1. The molecule has 1 heterocycles. The van der Waals surface area contributed by atoms with Gasteiger partial charge in [0, 0.05) is 44.2 Å². The molecule has 1 aliphatic heterocycles. The van der Waals surface area contributed by atoms with Crippen LogP contribution in [0.3, 0.4) is 0 Å². The number of aliphatic hydroxyl groups is 1. The average molecular weight is 333 g/mol. The fourth-order valence-electron chi connectivity index (χ4n) is 3.04. The molecule has 1 saturated heterocycles. The van der Waals surface area contributed by atoms with Crippen molar-refractivity contribution in [3.05, 3.63) is 24.3 Å². The molecule has 2 N–H and O–H groups in total. The minimum atomic E-state index is -0.0809. The number of nitrogens with zero attached hydrogens (tertiary/aromatic N) is 2. The molecule has 1 aromatic carbocycles. The van der Waals surface area contributed by atoms with Crippen LogP contribution in [0.2, 0.25) is 0 Å². The van der Waals surface area contributed by atoms with Crippen LogP contribution >= 0.6 is 0 Å². The molecule has 0 bridgehead atoms. The van der Waals surface area contributed by atoms with Crippen molar-refractivity contribution >= 4 is 17.4 Å². The summed E-state index contributed by atoms with van der Waals surface area (Å²) in [6.45, 7) is 5.79. The highest BCUT2D eigenvalue weighted by atomic mass is 16.3. The number of carbonyl (C=O) groups excluding carboxylic acids is 1. The van der Waals surface area contributed by atoms with Crippen LogP contribution in [0.1, 0.15) is 45.4 Å². The van der Waals surface area contributed by atoms with Gasteiger partial charge in [-0.25, -0.2) is 4.79 Å². The maximum Gasteiger partial charge on any atom is 0.321 e. The maximum atomic E-state index is 12.4. The zero-order chi connectivity index (χ0) is 17.2. The summed E-state index contributed by atoms with van der Waals surface area (Å²) in [6.07, 6.45) is 6.49. The van der Waals surface area contributed by atoms with Gasteiger partial charge < -0.3 is 20.2 Å². The van der Waals surface area contributed by atoms with Crippen molar-refractivity contribution in [1.82, 2.24) is 4.90 Å². The average Bonchev–Trinajstić information content (AvgIpc) is 2.63. The van der Waals surface area contributed by atoms with Crippen molar-refractivity contribution in [2.45, 2.75) is 45.4 Å². The Labute approximate surface area is 145 Å². The molecule has 0 saturated carbocycles. The van der Waals surface area contributed by atoms with Gasteiger partial charge in [0.2, 0.25) is 0 Å². The van der Waals surface area contributed by atoms with Crippen molar-refractivity contribution in [3.63, 3.8) is 0 Å². The lowest BCUT2D eigenvalue weighted by atomic mass is 10.1. The van der Waals surface area contributed by atoms with E-state index < -0.39 is 0 Å². The number of benzene rings is 1. The quantitative estimate of drug-likeness (QED) is 0.763. The fourth-order valence-corrected chi connectivity index (χ4v) is 3.04. The van der Waals surface area contributed by atoms with Gasteiger partial charge in [0.1, 0.15) is 0 Å². The fraction of sp³-hybridized carbons (Fsp3) is 0.632.